The Balaban J connectivity index is 1.85. The molecular formula is C22H19NO5S. The molecule has 1 heterocycles. The first kappa shape index (κ1) is 20.4. The summed E-state index contributed by atoms with van der Waals surface area (Å²) >= 11 is 0.790. The van der Waals surface area contributed by atoms with Crippen molar-refractivity contribution in [2.75, 3.05) is 20.3 Å². The van der Waals surface area contributed by atoms with E-state index in [1.807, 2.05) is 0 Å². The molecule has 148 valence electrons. The van der Waals surface area contributed by atoms with Gasteiger partial charge in [-0.3, -0.25) is 19.3 Å². The molecular weight excluding hydrogens is 390 g/mol. The zero-order chi connectivity index (χ0) is 20.8. The van der Waals surface area contributed by atoms with Crippen LogP contribution in [0.1, 0.15) is 15.9 Å². The predicted molar refractivity (Wildman–Crippen MR) is 112 cm³/mol. The average molecular weight is 409 g/mol. The summed E-state index contributed by atoms with van der Waals surface area (Å²) in [6.07, 6.45) is 3.16. The molecule has 3 rings (SSSR count). The third-order valence-electron chi connectivity index (χ3n) is 4.13. The number of thioether (sulfide) groups is 1. The fourth-order valence-electron chi connectivity index (χ4n) is 2.74. The summed E-state index contributed by atoms with van der Waals surface area (Å²) < 4.78 is 11.0. The molecule has 0 unspecified atom stereocenters. The molecule has 0 bridgehead atoms. The number of benzene rings is 2. The lowest BCUT2D eigenvalue weighted by atomic mass is 10.1. The van der Waals surface area contributed by atoms with Gasteiger partial charge in [-0.1, -0.05) is 55.1 Å². The molecule has 2 amide bonds. The number of carbonyl (C=O) groups is 3. The van der Waals surface area contributed by atoms with Gasteiger partial charge in [-0.2, -0.15) is 0 Å². The van der Waals surface area contributed by atoms with E-state index in [1.165, 1.54) is 7.11 Å². The highest BCUT2D eigenvalue weighted by Crippen LogP contribution is 2.37. The highest BCUT2D eigenvalue weighted by molar-refractivity contribution is 8.18. The Morgan fingerprint density at radius 2 is 1.90 bits per heavy atom. The van der Waals surface area contributed by atoms with Crippen molar-refractivity contribution in [1.29, 1.82) is 0 Å². The highest BCUT2D eigenvalue weighted by Gasteiger charge is 2.36. The molecule has 6 nitrogen and oxygen atoms in total. The molecule has 2 aromatic rings. The molecule has 2 aromatic carbocycles. The van der Waals surface area contributed by atoms with Gasteiger partial charge in [0.1, 0.15) is 6.61 Å². The number of ketones is 1. The van der Waals surface area contributed by atoms with Crippen molar-refractivity contribution < 1.29 is 23.9 Å². The van der Waals surface area contributed by atoms with Crippen LogP contribution in [0.5, 0.6) is 11.5 Å². The van der Waals surface area contributed by atoms with E-state index in [0.717, 1.165) is 16.7 Å². The van der Waals surface area contributed by atoms with Crippen molar-refractivity contribution in [3.8, 4) is 11.5 Å². The number of Topliss-reactive ketones (excluding diaryl/α,β-unsaturated/α-hetero) is 1. The van der Waals surface area contributed by atoms with E-state index in [9.17, 15) is 14.4 Å². The first-order valence-electron chi connectivity index (χ1n) is 8.79. The van der Waals surface area contributed by atoms with Gasteiger partial charge in [0, 0.05) is 11.1 Å². The van der Waals surface area contributed by atoms with Crippen LogP contribution in [0.4, 0.5) is 4.79 Å². The van der Waals surface area contributed by atoms with Gasteiger partial charge in [-0.15, -0.1) is 0 Å². The molecule has 0 radical (unpaired) electrons. The van der Waals surface area contributed by atoms with Crippen molar-refractivity contribution >= 4 is 34.8 Å². The molecule has 1 aliphatic rings. The first-order chi connectivity index (χ1) is 14.0. The van der Waals surface area contributed by atoms with Gasteiger partial charge in [-0.25, -0.2) is 0 Å². The number of para-hydroxylation sites is 1. The highest BCUT2D eigenvalue weighted by atomic mass is 32.2. The van der Waals surface area contributed by atoms with Crippen LogP contribution in [0.2, 0.25) is 0 Å². The molecule has 1 fully saturated rings. The van der Waals surface area contributed by atoms with E-state index < -0.39 is 11.1 Å². The minimum absolute atomic E-state index is 0.215. The minimum atomic E-state index is -0.512. The van der Waals surface area contributed by atoms with Crippen molar-refractivity contribution in [3.63, 3.8) is 0 Å². The van der Waals surface area contributed by atoms with E-state index in [2.05, 4.69) is 6.58 Å². The molecule has 0 aliphatic carbocycles. The normalized spacial score (nSPS) is 14.9. The van der Waals surface area contributed by atoms with E-state index in [1.54, 1.807) is 60.7 Å². The Labute approximate surface area is 172 Å². The van der Waals surface area contributed by atoms with Gasteiger partial charge in [-0.05, 0) is 23.9 Å². The van der Waals surface area contributed by atoms with Crippen LogP contribution >= 0.6 is 11.8 Å². The largest absolute Gasteiger partial charge is 0.493 e. The predicted octanol–water partition coefficient (Wildman–Crippen LogP) is 4.18. The first-order valence-corrected chi connectivity index (χ1v) is 9.61. The molecule has 1 aliphatic heterocycles. The van der Waals surface area contributed by atoms with E-state index in [0.29, 0.717) is 22.6 Å². The SMILES string of the molecule is C=CCOc1c(/C=C2\SC(=O)N(CC(=O)c3ccccc3)C2=O)cccc1OC. The maximum Gasteiger partial charge on any atom is 0.293 e. The van der Waals surface area contributed by atoms with Crippen LogP contribution < -0.4 is 9.47 Å². The Hall–Kier alpha value is -3.32. The number of hydrogen-bond acceptors (Lipinski definition) is 6. The molecule has 29 heavy (non-hydrogen) atoms. The van der Waals surface area contributed by atoms with Crippen molar-refractivity contribution in [3.05, 3.63) is 77.2 Å². The number of amides is 2. The molecule has 0 aromatic heterocycles. The topological polar surface area (TPSA) is 72.9 Å². The fourth-order valence-corrected chi connectivity index (χ4v) is 3.57. The second-order valence-corrected chi connectivity index (χ2v) is 7.03. The van der Waals surface area contributed by atoms with Gasteiger partial charge >= 0.3 is 0 Å². The zero-order valence-corrected chi connectivity index (χ0v) is 16.6. The third-order valence-corrected chi connectivity index (χ3v) is 5.04. The zero-order valence-electron chi connectivity index (χ0n) is 15.8. The summed E-state index contributed by atoms with van der Waals surface area (Å²) in [5, 5.41) is -0.484. The summed E-state index contributed by atoms with van der Waals surface area (Å²) in [4.78, 5) is 38.6. The number of methoxy groups -OCH3 is 1. The number of rotatable bonds is 8. The summed E-state index contributed by atoms with van der Waals surface area (Å²) in [6, 6.07) is 13.8. The third kappa shape index (κ3) is 4.57. The van der Waals surface area contributed by atoms with Crippen LogP contribution in [0.25, 0.3) is 6.08 Å². The quantitative estimate of drug-likeness (QED) is 0.370. The molecule has 0 saturated carbocycles. The summed E-state index contributed by atoms with van der Waals surface area (Å²) in [7, 11) is 1.52. The van der Waals surface area contributed by atoms with Crippen LogP contribution in [0.15, 0.2) is 66.1 Å². The van der Waals surface area contributed by atoms with Crippen molar-refractivity contribution in [2.24, 2.45) is 0 Å². The molecule has 0 N–H and O–H groups in total. The van der Waals surface area contributed by atoms with Crippen LogP contribution in [0, 0.1) is 0 Å². The average Bonchev–Trinajstić information content (AvgIpc) is 3.00. The lowest BCUT2D eigenvalue weighted by Crippen LogP contribution is -2.33. The number of imide groups is 1. The molecule has 0 atom stereocenters. The summed E-state index contributed by atoms with van der Waals surface area (Å²) in [6.45, 7) is 3.58. The van der Waals surface area contributed by atoms with Crippen molar-refractivity contribution in [2.45, 2.75) is 0 Å². The van der Waals surface area contributed by atoms with E-state index in [4.69, 9.17) is 9.47 Å². The smallest absolute Gasteiger partial charge is 0.293 e. The number of ether oxygens (including phenoxy) is 2. The standard InChI is InChI=1S/C22H19NO5S/c1-3-12-28-20-16(10-7-11-18(20)27-2)13-19-21(25)23(22(26)29-19)14-17(24)15-8-5-4-6-9-15/h3-11,13H,1,12,14H2,2H3/b19-13-. The maximum absolute atomic E-state index is 12.7. The van der Waals surface area contributed by atoms with E-state index >= 15 is 0 Å². The Morgan fingerprint density at radius 1 is 1.14 bits per heavy atom. The second kappa shape index (κ2) is 9.25. The number of hydrogen-bond donors (Lipinski definition) is 0. The van der Waals surface area contributed by atoms with Crippen LogP contribution in [0.3, 0.4) is 0 Å². The number of carbonyl (C=O) groups excluding carboxylic acids is 3. The molecule has 7 heteroatoms. The lowest BCUT2D eigenvalue weighted by Gasteiger charge is -2.13. The number of nitrogens with zero attached hydrogens (tertiary/aromatic N) is 1. The monoisotopic (exact) mass is 409 g/mol. The molecule has 1 saturated heterocycles. The van der Waals surface area contributed by atoms with Gasteiger partial charge in [0.15, 0.2) is 17.3 Å². The Kier molecular flexibility index (Phi) is 6.51. The maximum atomic E-state index is 12.7. The summed E-state index contributed by atoms with van der Waals surface area (Å²) in [5.41, 5.74) is 1.04. The van der Waals surface area contributed by atoms with Gasteiger partial charge in [0.2, 0.25) is 0 Å². The lowest BCUT2D eigenvalue weighted by molar-refractivity contribution is -0.122. The van der Waals surface area contributed by atoms with E-state index in [-0.39, 0.29) is 23.8 Å². The van der Waals surface area contributed by atoms with Gasteiger partial charge in [0.25, 0.3) is 11.1 Å². The van der Waals surface area contributed by atoms with Crippen molar-refractivity contribution in [1.82, 2.24) is 4.90 Å². The van der Waals surface area contributed by atoms with Gasteiger partial charge in [0.05, 0.1) is 18.6 Å². The Bertz CT molecular complexity index is 984. The second-order valence-electron chi connectivity index (χ2n) is 6.04. The Morgan fingerprint density at radius 3 is 2.59 bits per heavy atom. The van der Waals surface area contributed by atoms with Gasteiger partial charge < -0.3 is 9.47 Å². The molecule has 0 spiro atoms. The minimum Gasteiger partial charge on any atom is -0.493 e. The van der Waals surface area contributed by atoms with Crippen LogP contribution in [-0.2, 0) is 4.79 Å². The van der Waals surface area contributed by atoms with Crippen LogP contribution in [-0.4, -0.2) is 42.1 Å². The summed E-state index contributed by atoms with van der Waals surface area (Å²) in [5.74, 6) is 0.133. The fraction of sp³-hybridized carbons (Fsp3) is 0.136.